The van der Waals surface area contributed by atoms with Crippen molar-refractivity contribution in [2.75, 3.05) is 24.2 Å². The summed E-state index contributed by atoms with van der Waals surface area (Å²) in [6.07, 6.45) is -4.44. The first-order chi connectivity index (χ1) is 7.42. The highest BCUT2D eigenvalue weighted by atomic mass is 19.4. The fourth-order valence-electron chi connectivity index (χ4n) is 0.934. The number of hydrogen-bond donors (Lipinski definition) is 2. The van der Waals surface area contributed by atoms with Gasteiger partial charge in [-0.25, -0.2) is 9.37 Å². The molecule has 0 amide bonds. The van der Waals surface area contributed by atoms with Gasteiger partial charge in [0.25, 0.3) is 0 Å². The van der Waals surface area contributed by atoms with Crippen LogP contribution in [0.5, 0.6) is 0 Å². The number of nitrogens with zero attached hydrogens (tertiary/aromatic N) is 2. The van der Waals surface area contributed by atoms with Crippen molar-refractivity contribution in [2.45, 2.75) is 12.6 Å². The van der Waals surface area contributed by atoms with Crippen molar-refractivity contribution in [1.29, 1.82) is 0 Å². The van der Waals surface area contributed by atoms with Gasteiger partial charge in [-0.05, 0) is 0 Å². The largest absolute Gasteiger partial charge is 0.390 e. The van der Waals surface area contributed by atoms with E-state index in [1.54, 1.807) is 0 Å². The van der Waals surface area contributed by atoms with Gasteiger partial charge in [-0.1, -0.05) is 0 Å². The molecule has 90 valence electrons. The molecule has 0 unspecified atom stereocenters. The van der Waals surface area contributed by atoms with Crippen molar-refractivity contribution in [1.82, 2.24) is 9.97 Å². The van der Waals surface area contributed by atoms with Crippen molar-refractivity contribution in [3.05, 3.63) is 12.0 Å². The number of nitrogens with one attached hydrogen (secondary N) is 2. The standard InChI is InChI=1S/C8H10F4N4/c1-13-7-15-4-5(9)6(16-7)14-3-2-8(10,11)12/h4H,2-3H2,1H3,(H2,13,14,15,16). The molecule has 1 aromatic heterocycles. The smallest absolute Gasteiger partial charge is 0.367 e. The summed E-state index contributed by atoms with van der Waals surface area (Å²) in [7, 11) is 1.52. The second-order valence-electron chi connectivity index (χ2n) is 2.93. The van der Waals surface area contributed by atoms with E-state index in [0.717, 1.165) is 6.20 Å². The number of rotatable bonds is 4. The van der Waals surface area contributed by atoms with Crippen molar-refractivity contribution < 1.29 is 17.6 Å². The highest BCUT2D eigenvalue weighted by Crippen LogP contribution is 2.19. The first-order valence-corrected chi connectivity index (χ1v) is 4.43. The van der Waals surface area contributed by atoms with Gasteiger partial charge < -0.3 is 10.6 Å². The topological polar surface area (TPSA) is 49.8 Å². The van der Waals surface area contributed by atoms with Gasteiger partial charge in [-0.15, -0.1) is 0 Å². The van der Waals surface area contributed by atoms with Crippen LogP contribution in [0.25, 0.3) is 0 Å². The summed E-state index contributed by atoms with van der Waals surface area (Å²) in [5, 5.41) is 4.81. The van der Waals surface area contributed by atoms with Gasteiger partial charge in [0.05, 0.1) is 12.6 Å². The summed E-state index contributed by atoms with van der Waals surface area (Å²) in [6.45, 7) is -0.430. The zero-order valence-electron chi connectivity index (χ0n) is 8.40. The Balaban J connectivity index is 2.59. The first kappa shape index (κ1) is 12.5. The Kier molecular flexibility index (Phi) is 3.86. The maximum atomic E-state index is 13.0. The molecule has 0 bridgehead atoms. The van der Waals surface area contributed by atoms with Crippen molar-refractivity contribution in [3.8, 4) is 0 Å². The molecule has 1 aromatic rings. The van der Waals surface area contributed by atoms with Gasteiger partial charge in [0.1, 0.15) is 0 Å². The maximum Gasteiger partial charge on any atom is 0.390 e. The van der Waals surface area contributed by atoms with Crippen LogP contribution in [-0.4, -0.2) is 29.7 Å². The molecule has 0 fully saturated rings. The molecule has 2 N–H and O–H groups in total. The third-order valence-electron chi connectivity index (χ3n) is 1.67. The minimum atomic E-state index is -4.28. The number of hydrogen-bond acceptors (Lipinski definition) is 4. The van der Waals surface area contributed by atoms with Crippen LogP contribution in [0.15, 0.2) is 6.20 Å². The Morgan fingerprint density at radius 1 is 1.38 bits per heavy atom. The molecule has 0 atom stereocenters. The summed E-state index contributed by atoms with van der Waals surface area (Å²) >= 11 is 0. The van der Waals surface area contributed by atoms with Gasteiger partial charge in [0.2, 0.25) is 5.95 Å². The second-order valence-corrected chi connectivity index (χ2v) is 2.93. The summed E-state index contributed by atoms with van der Waals surface area (Å²) in [6, 6.07) is 0. The third kappa shape index (κ3) is 3.87. The first-order valence-electron chi connectivity index (χ1n) is 4.43. The predicted molar refractivity (Wildman–Crippen MR) is 50.7 cm³/mol. The van der Waals surface area contributed by atoms with E-state index in [-0.39, 0.29) is 11.8 Å². The molecule has 4 nitrogen and oxygen atoms in total. The van der Waals surface area contributed by atoms with Crippen LogP contribution in [0, 0.1) is 5.82 Å². The van der Waals surface area contributed by atoms with Gasteiger partial charge in [0.15, 0.2) is 11.6 Å². The van der Waals surface area contributed by atoms with Crippen molar-refractivity contribution in [3.63, 3.8) is 0 Å². The Bertz CT molecular complexity index is 352. The Hall–Kier alpha value is -1.60. The van der Waals surface area contributed by atoms with Gasteiger partial charge in [-0.2, -0.15) is 18.2 Å². The summed E-state index contributed by atoms with van der Waals surface area (Å²) < 4.78 is 48.5. The molecular formula is C8H10F4N4. The molecule has 0 saturated carbocycles. The fourth-order valence-corrected chi connectivity index (χ4v) is 0.934. The molecule has 0 aliphatic rings. The van der Waals surface area contributed by atoms with E-state index in [0.29, 0.717) is 0 Å². The number of halogens is 4. The minimum absolute atomic E-state index is 0.135. The normalized spacial score (nSPS) is 11.3. The lowest BCUT2D eigenvalue weighted by Gasteiger charge is -2.09. The summed E-state index contributed by atoms with van der Waals surface area (Å²) in [5.74, 6) is -0.902. The van der Waals surface area contributed by atoms with Crippen LogP contribution < -0.4 is 10.6 Å². The molecule has 8 heteroatoms. The van der Waals surface area contributed by atoms with Crippen LogP contribution >= 0.6 is 0 Å². The molecule has 1 heterocycles. The predicted octanol–water partition coefficient (Wildman–Crippen LogP) is 2.02. The molecule has 0 aliphatic carbocycles. The van der Waals surface area contributed by atoms with Crippen LogP contribution in [0.3, 0.4) is 0 Å². The lowest BCUT2D eigenvalue weighted by Crippen LogP contribution is -2.16. The SMILES string of the molecule is CNc1ncc(F)c(NCCC(F)(F)F)n1. The second kappa shape index (κ2) is 4.95. The number of anilines is 2. The average molecular weight is 238 g/mol. The molecule has 1 rings (SSSR count). The molecule has 0 radical (unpaired) electrons. The minimum Gasteiger partial charge on any atom is -0.367 e. The monoisotopic (exact) mass is 238 g/mol. The van der Waals surface area contributed by atoms with Crippen LogP contribution in [0.1, 0.15) is 6.42 Å². The van der Waals surface area contributed by atoms with E-state index >= 15 is 0 Å². The zero-order valence-corrected chi connectivity index (χ0v) is 8.40. The van der Waals surface area contributed by atoms with Gasteiger partial charge >= 0.3 is 6.18 Å². The van der Waals surface area contributed by atoms with E-state index in [2.05, 4.69) is 20.6 Å². The fraction of sp³-hybridized carbons (Fsp3) is 0.500. The molecule has 0 spiro atoms. The molecule has 0 aromatic carbocycles. The maximum absolute atomic E-state index is 13.0. The number of aromatic nitrogens is 2. The van der Waals surface area contributed by atoms with Crippen molar-refractivity contribution in [2.24, 2.45) is 0 Å². The molecular weight excluding hydrogens is 228 g/mol. The van der Waals surface area contributed by atoms with E-state index in [1.807, 2.05) is 0 Å². The summed E-state index contributed by atoms with van der Waals surface area (Å²) in [5.41, 5.74) is 0. The zero-order chi connectivity index (χ0) is 12.2. The quantitative estimate of drug-likeness (QED) is 0.788. The number of alkyl halides is 3. The van der Waals surface area contributed by atoms with Crippen LogP contribution in [-0.2, 0) is 0 Å². The van der Waals surface area contributed by atoms with Crippen LogP contribution in [0.4, 0.5) is 29.3 Å². The Morgan fingerprint density at radius 2 is 2.06 bits per heavy atom. The lowest BCUT2D eigenvalue weighted by molar-refractivity contribution is -0.131. The van der Waals surface area contributed by atoms with E-state index < -0.39 is 25.0 Å². The summed E-state index contributed by atoms with van der Waals surface area (Å²) in [4.78, 5) is 7.19. The molecule has 0 saturated heterocycles. The Morgan fingerprint density at radius 3 is 2.62 bits per heavy atom. The van der Waals surface area contributed by atoms with E-state index in [9.17, 15) is 17.6 Å². The Labute approximate surface area is 89.1 Å². The van der Waals surface area contributed by atoms with Gasteiger partial charge in [-0.3, -0.25) is 0 Å². The average Bonchev–Trinajstić information content (AvgIpc) is 2.19. The molecule has 0 aliphatic heterocycles. The lowest BCUT2D eigenvalue weighted by atomic mass is 10.4. The van der Waals surface area contributed by atoms with Crippen LogP contribution in [0.2, 0.25) is 0 Å². The third-order valence-corrected chi connectivity index (χ3v) is 1.67. The van der Waals surface area contributed by atoms with Crippen molar-refractivity contribution >= 4 is 11.8 Å². The highest BCUT2D eigenvalue weighted by Gasteiger charge is 2.26. The molecule has 16 heavy (non-hydrogen) atoms. The highest BCUT2D eigenvalue weighted by molar-refractivity contribution is 5.40. The van der Waals surface area contributed by atoms with E-state index in [4.69, 9.17) is 0 Å². The van der Waals surface area contributed by atoms with E-state index in [1.165, 1.54) is 7.05 Å². The van der Waals surface area contributed by atoms with Gasteiger partial charge in [0, 0.05) is 13.6 Å².